The summed E-state index contributed by atoms with van der Waals surface area (Å²) in [6.45, 7) is 5.31. The molecule has 0 atom stereocenters. The van der Waals surface area contributed by atoms with Gasteiger partial charge in [-0.15, -0.1) is 0 Å². The Morgan fingerprint density at radius 2 is 1.96 bits per heavy atom. The smallest absolute Gasteiger partial charge is 0.412 e. The Kier molecular flexibility index (Phi) is 4.98. The lowest BCUT2D eigenvalue weighted by Crippen LogP contribution is -2.27. The highest BCUT2D eigenvalue weighted by Gasteiger charge is 2.17. The van der Waals surface area contributed by atoms with Gasteiger partial charge >= 0.3 is 11.8 Å². The number of carbonyl (C=O) groups excluding carboxylic acids is 1. The van der Waals surface area contributed by atoms with Crippen molar-refractivity contribution in [2.75, 3.05) is 10.6 Å². The highest BCUT2D eigenvalue weighted by atomic mass is 16.6. The molecule has 0 bridgehead atoms. The van der Waals surface area contributed by atoms with E-state index in [4.69, 9.17) is 4.74 Å². The Balaban J connectivity index is 2.14. The largest absolute Gasteiger partial charge is 0.444 e. The Morgan fingerprint density at radius 1 is 1.25 bits per heavy atom. The first kappa shape index (κ1) is 17.2. The van der Waals surface area contributed by atoms with E-state index in [-0.39, 0.29) is 5.69 Å². The van der Waals surface area contributed by atoms with Crippen LogP contribution in [0.4, 0.5) is 27.5 Å². The van der Waals surface area contributed by atoms with Gasteiger partial charge in [-0.25, -0.2) is 4.79 Å². The van der Waals surface area contributed by atoms with Crippen molar-refractivity contribution in [3.05, 3.63) is 52.8 Å². The summed E-state index contributed by atoms with van der Waals surface area (Å²) in [5.74, 6) is 0. The Morgan fingerprint density at radius 3 is 2.62 bits per heavy atom. The second kappa shape index (κ2) is 6.95. The molecule has 1 aromatic heterocycles. The molecule has 0 spiro atoms. The van der Waals surface area contributed by atoms with Crippen LogP contribution in [0.1, 0.15) is 20.8 Å². The van der Waals surface area contributed by atoms with Crippen LogP contribution in [0.25, 0.3) is 0 Å². The molecule has 8 heteroatoms. The van der Waals surface area contributed by atoms with Crippen LogP contribution < -0.4 is 10.6 Å². The van der Waals surface area contributed by atoms with Gasteiger partial charge in [-0.2, -0.15) is 0 Å². The van der Waals surface area contributed by atoms with E-state index >= 15 is 0 Å². The molecular weight excluding hydrogens is 312 g/mol. The van der Waals surface area contributed by atoms with Gasteiger partial charge in [0.1, 0.15) is 17.5 Å². The molecule has 0 aliphatic heterocycles. The molecule has 0 unspecified atom stereocenters. The van der Waals surface area contributed by atoms with Crippen LogP contribution in [-0.2, 0) is 4.74 Å². The SMILES string of the molecule is CC(C)(C)OC(=O)Nc1cccc(Nc2ccncc2[N+](=O)[O-])c1. The van der Waals surface area contributed by atoms with Crippen LogP contribution in [0, 0.1) is 10.1 Å². The van der Waals surface area contributed by atoms with Gasteiger partial charge in [0.25, 0.3) is 0 Å². The van der Waals surface area contributed by atoms with E-state index < -0.39 is 16.6 Å². The molecule has 0 saturated carbocycles. The molecule has 1 heterocycles. The maximum atomic E-state index is 11.8. The molecule has 2 aromatic rings. The minimum absolute atomic E-state index is 0.136. The van der Waals surface area contributed by atoms with Crippen molar-refractivity contribution < 1.29 is 14.5 Å². The summed E-state index contributed by atoms with van der Waals surface area (Å²) in [6, 6.07) is 8.28. The average Bonchev–Trinajstić information content (AvgIpc) is 2.45. The van der Waals surface area contributed by atoms with E-state index in [2.05, 4.69) is 15.6 Å². The number of benzene rings is 1. The number of amides is 1. The molecule has 0 radical (unpaired) electrons. The zero-order valence-corrected chi connectivity index (χ0v) is 13.6. The number of anilines is 3. The number of nitrogens with one attached hydrogen (secondary N) is 2. The number of pyridine rings is 1. The van der Waals surface area contributed by atoms with Crippen LogP contribution in [0.15, 0.2) is 42.7 Å². The van der Waals surface area contributed by atoms with Crippen molar-refractivity contribution >= 4 is 28.8 Å². The van der Waals surface area contributed by atoms with Crippen LogP contribution in [0.2, 0.25) is 0 Å². The molecule has 0 aliphatic rings. The number of rotatable bonds is 4. The van der Waals surface area contributed by atoms with Gasteiger partial charge in [0.15, 0.2) is 0 Å². The fraction of sp³-hybridized carbons (Fsp3) is 0.250. The number of nitro groups is 1. The Bertz CT molecular complexity index is 756. The maximum Gasteiger partial charge on any atom is 0.412 e. The van der Waals surface area contributed by atoms with Crippen LogP contribution in [0.3, 0.4) is 0 Å². The van der Waals surface area contributed by atoms with Crippen molar-refractivity contribution in [2.45, 2.75) is 26.4 Å². The van der Waals surface area contributed by atoms with E-state index in [9.17, 15) is 14.9 Å². The van der Waals surface area contributed by atoms with Gasteiger partial charge in [-0.05, 0) is 45.0 Å². The lowest BCUT2D eigenvalue weighted by molar-refractivity contribution is -0.384. The first-order valence-electron chi connectivity index (χ1n) is 7.20. The third-order valence-corrected chi connectivity index (χ3v) is 2.78. The second-order valence-corrected chi connectivity index (χ2v) is 5.98. The topological polar surface area (TPSA) is 106 Å². The van der Waals surface area contributed by atoms with Gasteiger partial charge in [-0.3, -0.25) is 20.4 Å². The molecule has 1 amide bonds. The summed E-state index contributed by atoms with van der Waals surface area (Å²) in [7, 11) is 0. The predicted molar refractivity (Wildman–Crippen MR) is 90.5 cm³/mol. The summed E-state index contributed by atoms with van der Waals surface area (Å²) in [4.78, 5) is 26.0. The summed E-state index contributed by atoms with van der Waals surface area (Å²) in [6.07, 6.45) is 2.05. The fourth-order valence-corrected chi connectivity index (χ4v) is 1.89. The predicted octanol–water partition coefficient (Wildman–Crippen LogP) is 4.08. The average molecular weight is 330 g/mol. The second-order valence-electron chi connectivity index (χ2n) is 5.98. The van der Waals surface area contributed by atoms with E-state index in [0.717, 1.165) is 0 Å². The molecular formula is C16H18N4O4. The fourth-order valence-electron chi connectivity index (χ4n) is 1.89. The monoisotopic (exact) mass is 330 g/mol. The van der Waals surface area contributed by atoms with E-state index in [1.54, 1.807) is 45.0 Å². The van der Waals surface area contributed by atoms with Crippen molar-refractivity contribution in [1.82, 2.24) is 4.98 Å². The van der Waals surface area contributed by atoms with Gasteiger partial charge in [0.2, 0.25) is 0 Å². The lowest BCUT2D eigenvalue weighted by atomic mass is 10.2. The molecule has 8 nitrogen and oxygen atoms in total. The normalized spacial score (nSPS) is 10.8. The first-order chi connectivity index (χ1) is 11.2. The number of hydrogen-bond donors (Lipinski definition) is 2. The number of ether oxygens (including phenoxy) is 1. The van der Waals surface area contributed by atoms with Gasteiger partial charge in [0.05, 0.1) is 4.92 Å². The Hall–Kier alpha value is -3.16. The zero-order chi connectivity index (χ0) is 17.7. The lowest BCUT2D eigenvalue weighted by Gasteiger charge is -2.19. The van der Waals surface area contributed by atoms with Crippen molar-refractivity contribution in [3.8, 4) is 0 Å². The number of nitrogens with zero attached hydrogens (tertiary/aromatic N) is 2. The molecule has 1 aromatic carbocycles. The minimum Gasteiger partial charge on any atom is -0.444 e. The summed E-state index contributed by atoms with van der Waals surface area (Å²) in [5.41, 5.74) is 0.661. The van der Waals surface area contributed by atoms with Crippen molar-refractivity contribution in [2.24, 2.45) is 0 Å². The summed E-state index contributed by atoms with van der Waals surface area (Å²) < 4.78 is 5.18. The first-order valence-corrected chi connectivity index (χ1v) is 7.20. The molecule has 24 heavy (non-hydrogen) atoms. The molecule has 0 aliphatic carbocycles. The van der Waals surface area contributed by atoms with E-state index in [1.807, 2.05) is 0 Å². The number of hydrogen-bond acceptors (Lipinski definition) is 6. The van der Waals surface area contributed by atoms with Gasteiger partial charge in [-0.1, -0.05) is 6.07 Å². The zero-order valence-electron chi connectivity index (χ0n) is 13.6. The molecule has 2 N–H and O–H groups in total. The molecule has 126 valence electrons. The minimum atomic E-state index is -0.600. The third-order valence-electron chi connectivity index (χ3n) is 2.78. The van der Waals surface area contributed by atoms with Crippen LogP contribution >= 0.6 is 0 Å². The highest BCUT2D eigenvalue weighted by molar-refractivity contribution is 5.86. The van der Waals surface area contributed by atoms with Crippen LogP contribution in [-0.4, -0.2) is 21.6 Å². The summed E-state index contributed by atoms with van der Waals surface area (Å²) >= 11 is 0. The highest BCUT2D eigenvalue weighted by Crippen LogP contribution is 2.27. The van der Waals surface area contributed by atoms with E-state index in [0.29, 0.717) is 17.1 Å². The maximum absolute atomic E-state index is 11.8. The van der Waals surface area contributed by atoms with Gasteiger partial charge < -0.3 is 10.1 Å². The molecule has 2 rings (SSSR count). The number of aromatic nitrogens is 1. The quantitative estimate of drug-likeness (QED) is 0.646. The summed E-state index contributed by atoms with van der Waals surface area (Å²) in [5, 5.41) is 16.6. The van der Waals surface area contributed by atoms with E-state index in [1.165, 1.54) is 18.5 Å². The van der Waals surface area contributed by atoms with Crippen molar-refractivity contribution in [1.29, 1.82) is 0 Å². The number of carbonyl (C=O) groups is 1. The standard InChI is InChI=1S/C16H18N4O4/c1-16(2,3)24-15(21)19-12-6-4-5-11(9-12)18-13-7-8-17-10-14(13)20(22)23/h4-10H,1-3H3,(H,17,18)(H,19,21). The molecule has 0 saturated heterocycles. The molecule has 0 fully saturated rings. The van der Waals surface area contributed by atoms with Crippen LogP contribution in [0.5, 0.6) is 0 Å². The third kappa shape index (κ3) is 4.94. The van der Waals surface area contributed by atoms with Gasteiger partial charge in [0, 0.05) is 17.6 Å². The van der Waals surface area contributed by atoms with Crippen molar-refractivity contribution in [3.63, 3.8) is 0 Å². The Labute approximate surface area is 139 Å².